The molecule has 0 bridgehead atoms. The standard InChI is InChI=1S/C15H20N4OS/c1-11(7-9-21-2)17-15(20)14-6-8-19(18-14)13-5-3-4-12(16)10-13/h3-6,8,10-11H,7,9,16H2,1-2H3,(H,17,20). The molecule has 2 aromatic rings. The molecule has 1 unspecified atom stereocenters. The minimum atomic E-state index is -0.147. The number of nitrogens with zero attached hydrogens (tertiary/aromatic N) is 2. The van der Waals surface area contributed by atoms with Crippen LogP contribution in [0.2, 0.25) is 0 Å². The third-order valence-corrected chi connectivity index (χ3v) is 3.73. The Bertz CT molecular complexity index is 611. The minimum absolute atomic E-state index is 0.141. The Morgan fingerprint density at radius 1 is 1.48 bits per heavy atom. The molecule has 1 amide bonds. The maximum atomic E-state index is 12.1. The second-order valence-electron chi connectivity index (χ2n) is 4.90. The van der Waals surface area contributed by atoms with Crippen molar-refractivity contribution in [2.75, 3.05) is 17.7 Å². The zero-order valence-electron chi connectivity index (χ0n) is 12.2. The quantitative estimate of drug-likeness (QED) is 0.803. The van der Waals surface area contributed by atoms with Gasteiger partial charge in [0.2, 0.25) is 0 Å². The van der Waals surface area contributed by atoms with E-state index in [0.717, 1.165) is 17.9 Å². The van der Waals surface area contributed by atoms with Crippen LogP contribution in [0, 0.1) is 0 Å². The number of amides is 1. The lowest BCUT2D eigenvalue weighted by Crippen LogP contribution is -2.33. The van der Waals surface area contributed by atoms with Crippen LogP contribution in [-0.4, -0.2) is 33.7 Å². The first-order valence-electron chi connectivity index (χ1n) is 6.81. The Hall–Kier alpha value is -1.95. The van der Waals surface area contributed by atoms with Crippen LogP contribution in [0.25, 0.3) is 5.69 Å². The van der Waals surface area contributed by atoms with Gasteiger partial charge in [-0.05, 0) is 49.6 Å². The number of hydrogen-bond donors (Lipinski definition) is 2. The maximum Gasteiger partial charge on any atom is 0.271 e. The number of rotatable bonds is 6. The Morgan fingerprint density at radius 2 is 2.29 bits per heavy atom. The molecule has 1 aromatic heterocycles. The monoisotopic (exact) mass is 304 g/mol. The number of nitrogens with one attached hydrogen (secondary N) is 1. The van der Waals surface area contributed by atoms with Crippen LogP contribution in [0.4, 0.5) is 5.69 Å². The normalized spacial score (nSPS) is 12.1. The summed E-state index contributed by atoms with van der Waals surface area (Å²) in [6.07, 6.45) is 4.76. The third-order valence-electron chi connectivity index (χ3n) is 3.09. The van der Waals surface area contributed by atoms with Gasteiger partial charge in [0.05, 0.1) is 5.69 Å². The number of anilines is 1. The van der Waals surface area contributed by atoms with Crippen LogP contribution in [-0.2, 0) is 0 Å². The zero-order valence-corrected chi connectivity index (χ0v) is 13.1. The van der Waals surface area contributed by atoms with Crippen molar-refractivity contribution < 1.29 is 4.79 Å². The summed E-state index contributed by atoms with van der Waals surface area (Å²) in [4.78, 5) is 12.1. The summed E-state index contributed by atoms with van der Waals surface area (Å²) in [7, 11) is 0. The molecule has 1 heterocycles. The first-order chi connectivity index (χ1) is 10.1. The first-order valence-corrected chi connectivity index (χ1v) is 8.21. The number of hydrogen-bond acceptors (Lipinski definition) is 4. The second kappa shape index (κ2) is 7.17. The molecule has 2 rings (SSSR count). The summed E-state index contributed by atoms with van der Waals surface area (Å²) in [5, 5.41) is 7.25. The van der Waals surface area contributed by atoms with E-state index in [2.05, 4.69) is 16.7 Å². The SMILES string of the molecule is CSCCC(C)NC(=O)c1ccn(-c2cccc(N)c2)n1. The van der Waals surface area contributed by atoms with E-state index in [9.17, 15) is 4.79 Å². The number of carbonyl (C=O) groups is 1. The third kappa shape index (κ3) is 4.26. The Labute approximate surface area is 128 Å². The van der Waals surface area contributed by atoms with Crippen molar-refractivity contribution in [3.05, 3.63) is 42.2 Å². The van der Waals surface area contributed by atoms with E-state index in [4.69, 9.17) is 5.73 Å². The molecular weight excluding hydrogens is 284 g/mol. The molecule has 0 radical (unpaired) electrons. The molecule has 6 heteroatoms. The Balaban J connectivity index is 2.04. The molecule has 21 heavy (non-hydrogen) atoms. The lowest BCUT2D eigenvalue weighted by atomic mass is 10.2. The van der Waals surface area contributed by atoms with Crippen molar-refractivity contribution in [2.24, 2.45) is 0 Å². The zero-order chi connectivity index (χ0) is 15.2. The molecule has 3 N–H and O–H groups in total. The van der Waals surface area contributed by atoms with E-state index in [1.807, 2.05) is 31.2 Å². The van der Waals surface area contributed by atoms with Gasteiger partial charge >= 0.3 is 0 Å². The largest absolute Gasteiger partial charge is 0.399 e. The van der Waals surface area contributed by atoms with Gasteiger partial charge in [0.1, 0.15) is 0 Å². The van der Waals surface area contributed by atoms with Crippen molar-refractivity contribution in [1.29, 1.82) is 0 Å². The highest BCUT2D eigenvalue weighted by Crippen LogP contribution is 2.12. The fourth-order valence-electron chi connectivity index (χ4n) is 1.92. The smallest absolute Gasteiger partial charge is 0.271 e. The minimum Gasteiger partial charge on any atom is -0.399 e. The summed E-state index contributed by atoms with van der Waals surface area (Å²) in [5.74, 6) is 0.880. The average molecular weight is 304 g/mol. The van der Waals surface area contributed by atoms with Gasteiger partial charge in [-0.25, -0.2) is 4.68 Å². The molecule has 1 atom stereocenters. The topological polar surface area (TPSA) is 72.9 Å². The highest BCUT2D eigenvalue weighted by molar-refractivity contribution is 7.98. The van der Waals surface area contributed by atoms with Crippen molar-refractivity contribution in [3.8, 4) is 5.69 Å². The summed E-state index contributed by atoms with van der Waals surface area (Å²) in [6.45, 7) is 2.00. The van der Waals surface area contributed by atoms with E-state index in [1.165, 1.54) is 0 Å². The molecule has 1 aromatic carbocycles. The molecule has 0 spiro atoms. The number of nitrogens with two attached hydrogens (primary N) is 1. The van der Waals surface area contributed by atoms with Crippen molar-refractivity contribution in [3.63, 3.8) is 0 Å². The van der Waals surface area contributed by atoms with Crippen LogP contribution >= 0.6 is 11.8 Å². The molecule has 0 aliphatic rings. The molecule has 112 valence electrons. The molecule has 0 aliphatic heterocycles. The molecule has 0 fully saturated rings. The lowest BCUT2D eigenvalue weighted by Gasteiger charge is -2.11. The number of thioether (sulfide) groups is 1. The predicted molar refractivity (Wildman–Crippen MR) is 87.9 cm³/mol. The highest BCUT2D eigenvalue weighted by atomic mass is 32.2. The van der Waals surface area contributed by atoms with Gasteiger partial charge in [-0.15, -0.1) is 0 Å². The number of benzene rings is 1. The number of carbonyl (C=O) groups excluding carboxylic acids is 1. The van der Waals surface area contributed by atoms with Crippen LogP contribution in [0.3, 0.4) is 0 Å². The van der Waals surface area contributed by atoms with Crippen molar-refractivity contribution >= 4 is 23.4 Å². The number of aromatic nitrogens is 2. The number of nitrogen functional groups attached to an aromatic ring is 1. The van der Waals surface area contributed by atoms with Gasteiger partial charge in [0, 0.05) is 17.9 Å². The maximum absolute atomic E-state index is 12.1. The summed E-state index contributed by atoms with van der Waals surface area (Å²) in [6, 6.07) is 9.23. The van der Waals surface area contributed by atoms with Gasteiger partial charge in [-0.3, -0.25) is 4.79 Å². The second-order valence-corrected chi connectivity index (χ2v) is 5.88. The van der Waals surface area contributed by atoms with Crippen LogP contribution in [0.1, 0.15) is 23.8 Å². The molecular formula is C15H20N4OS. The summed E-state index contributed by atoms with van der Waals surface area (Å²) < 4.78 is 1.65. The van der Waals surface area contributed by atoms with E-state index < -0.39 is 0 Å². The van der Waals surface area contributed by atoms with E-state index in [1.54, 1.807) is 28.7 Å². The summed E-state index contributed by atoms with van der Waals surface area (Å²) >= 11 is 1.77. The van der Waals surface area contributed by atoms with Crippen LogP contribution < -0.4 is 11.1 Å². The van der Waals surface area contributed by atoms with E-state index >= 15 is 0 Å². The molecule has 5 nitrogen and oxygen atoms in total. The van der Waals surface area contributed by atoms with E-state index in [-0.39, 0.29) is 11.9 Å². The molecule has 0 saturated heterocycles. The first kappa shape index (κ1) is 15.4. The van der Waals surface area contributed by atoms with Crippen LogP contribution in [0.15, 0.2) is 36.5 Å². The van der Waals surface area contributed by atoms with Gasteiger partial charge < -0.3 is 11.1 Å². The Kier molecular flexibility index (Phi) is 5.27. The Morgan fingerprint density at radius 3 is 3.00 bits per heavy atom. The molecule has 0 saturated carbocycles. The van der Waals surface area contributed by atoms with E-state index in [0.29, 0.717) is 11.4 Å². The average Bonchev–Trinajstić information content (AvgIpc) is 2.95. The van der Waals surface area contributed by atoms with Crippen LogP contribution in [0.5, 0.6) is 0 Å². The lowest BCUT2D eigenvalue weighted by molar-refractivity contribution is 0.0934. The van der Waals surface area contributed by atoms with Gasteiger partial charge in [-0.1, -0.05) is 6.07 Å². The fourth-order valence-corrected chi connectivity index (χ4v) is 2.51. The highest BCUT2D eigenvalue weighted by Gasteiger charge is 2.12. The summed E-state index contributed by atoms with van der Waals surface area (Å²) in [5.41, 5.74) is 7.67. The van der Waals surface area contributed by atoms with Crippen molar-refractivity contribution in [1.82, 2.24) is 15.1 Å². The molecule has 0 aliphatic carbocycles. The van der Waals surface area contributed by atoms with Gasteiger partial charge in [0.15, 0.2) is 5.69 Å². The predicted octanol–water partition coefficient (Wildman–Crippen LogP) is 2.33. The van der Waals surface area contributed by atoms with Gasteiger partial charge in [0.25, 0.3) is 5.91 Å². The fraction of sp³-hybridized carbons (Fsp3) is 0.333. The van der Waals surface area contributed by atoms with Crippen molar-refractivity contribution in [2.45, 2.75) is 19.4 Å². The van der Waals surface area contributed by atoms with Gasteiger partial charge in [-0.2, -0.15) is 16.9 Å².